The van der Waals surface area contributed by atoms with Gasteiger partial charge in [-0.05, 0) is 40.5 Å². The molecule has 0 fully saturated rings. The monoisotopic (exact) mass is 298 g/mol. The first-order valence-corrected chi connectivity index (χ1v) is 5.89. The van der Waals surface area contributed by atoms with Crippen LogP contribution >= 0.6 is 15.9 Å². The van der Waals surface area contributed by atoms with E-state index in [1.54, 1.807) is 10.7 Å². The van der Waals surface area contributed by atoms with Crippen LogP contribution in [0.25, 0.3) is 0 Å². The van der Waals surface area contributed by atoms with Crippen molar-refractivity contribution in [3.63, 3.8) is 0 Å². The first kappa shape index (κ1) is 12.0. The Morgan fingerprint density at radius 2 is 2.24 bits per heavy atom. The highest BCUT2D eigenvalue weighted by molar-refractivity contribution is 9.10. The van der Waals surface area contributed by atoms with Gasteiger partial charge < -0.3 is 5.32 Å². The highest BCUT2D eigenvalue weighted by Gasteiger charge is 2.06. The minimum absolute atomic E-state index is 0.258. The number of halogens is 2. The SMILES string of the molecule is Cc1cc(F)c(Br)cc1NCc1ncnn1C. The molecule has 0 saturated heterocycles. The fraction of sp³-hybridized carbons (Fsp3) is 0.273. The molecule has 0 radical (unpaired) electrons. The van der Waals surface area contributed by atoms with Gasteiger partial charge in [-0.25, -0.2) is 9.37 Å². The zero-order valence-electron chi connectivity index (χ0n) is 9.54. The summed E-state index contributed by atoms with van der Waals surface area (Å²) in [4.78, 5) is 4.10. The van der Waals surface area contributed by atoms with Gasteiger partial charge in [0.2, 0.25) is 0 Å². The Hall–Kier alpha value is -1.43. The van der Waals surface area contributed by atoms with E-state index in [4.69, 9.17) is 0 Å². The molecule has 1 aromatic heterocycles. The van der Waals surface area contributed by atoms with Gasteiger partial charge in [0.05, 0.1) is 11.0 Å². The molecule has 4 nitrogen and oxygen atoms in total. The van der Waals surface area contributed by atoms with E-state index < -0.39 is 0 Å². The van der Waals surface area contributed by atoms with Crippen LogP contribution in [0, 0.1) is 12.7 Å². The highest BCUT2D eigenvalue weighted by Crippen LogP contribution is 2.24. The zero-order valence-corrected chi connectivity index (χ0v) is 11.1. The zero-order chi connectivity index (χ0) is 12.4. The van der Waals surface area contributed by atoms with E-state index >= 15 is 0 Å². The maximum atomic E-state index is 13.2. The number of nitrogens with zero attached hydrogens (tertiary/aromatic N) is 3. The van der Waals surface area contributed by atoms with Crippen molar-refractivity contribution in [3.05, 3.63) is 40.1 Å². The Kier molecular flexibility index (Phi) is 3.42. The third kappa shape index (κ3) is 2.63. The van der Waals surface area contributed by atoms with Crippen LogP contribution in [0.15, 0.2) is 22.9 Å². The molecule has 0 aliphatic rings. The van der Waals surface area contributed by atoms with Crippen LogP contribution in [0.2, 0.25) is 0 Å². The summed E-state index contributed by atoms with van der Waals surface area (Å²) in [6, 6.07) is 3.21. The lowest BCUT2D eigenvalue weighted by atomic mass is 10.2. The van der Waals surface area contributed by atoms with Crippen molar-refractivity contribution >= 4 is 21.6 Å². The first-order chi connectivity index (χ1) is 8.08. The van der Waals surface area contributed by atoms with E-state index in [-0.39, 0.29) is 5.82 Å². The molecule has 17 heavy (non-hydrogen) atoms. The number of aryl methyl sites for hydroxylation is 2. The van der Waals surface area contributed by atoms with Gasteiger partial charge in [-0.3, -0.25) is 4.68 Å². The summed E-state index contributed by atoms with van der Waals surface area (Å²) in [5.41, 5.74) is 1.73. The van der Waals surface area contributed by atoms with Crippen LogP contribution in [0.5, 0.6) is 0 Å². The van der Waals surface area contributed by atoms with E-state index in [9.17, 15) is 4.39 Å². The molecule has 0 aliphatic carbocycles. The molecule has 1 heterocycles. The summed E-state index contributed by atoms with van der Waals surface area (Å²) in [6.07, 6.45) is 1.50. The number of hydrogen-bond acceptors (Lipinski definition) is 3. The van der Waals surface area contributed by atoms with Gasteiger partial charge >= 0.3 is 0 Å². The molecule has 0 aliphatic heterocycles. The van der Waals surface area contributed by atoms with Crippen molar-refractivity contribution in [1.29, 1.82) is 0 Å². The quantitative estimate of drug-likeness (QED) is 0.947. The number of anilines is 1. The first-order valence-electron chi connectivity index (χ1n) is 5.10. The molecule has 0 atom stereocenters. The molecule has 0 bridgehead atoms. The predicted molar refractivity (Wildman–Crippen MR) is 67.2 cm³/mol. The predicted octanol–water partition coefficient (Wildman–Crippen LogP) is 2.64. The second-order valence-corrected chi connectivity index (χ2v) is 4.59. The topological polar surface area (TPSA) is 42.7 Å². The maximum Gasteiger partial charge on any atom is 0.145 e. The van der Waals surface area contributed by atoms with Crippen molar-refractivity contribution in [2.75, 3.05) is 5.32 Å². The smallest absolute Gasteiger partial charge is 0.145 e. The van der Waals surface area contributed by atoms with Crippen LogP contribution in [0.1, 0.15) is 11.4 Å². The standard InChI is InChI=1S/C11H12BrFN4/c1-7-3-9(13)8(12)4-10(7)14-5-11-15-6-16-17(11)2/h3-4,6,14H,5H2,1-2H3. The van der Waals surface area contributed by atoms with E-state index in [1.807, 2.05) is 14.0 Å². The van der Waals surface area contributed by atoms with Crippen LogP contribution < -0.4 is 5.32 Å². The minimum Gasteiger partial charge on any atom is -0.378 e. The Bertz CT molecular complexity index is 538. The van der Waals surface area contributed by atoms with Gasteiger partial charge in [-0.1, -0.05) is 0 Å². The molecular weight excluding hydrogens is 287 g/mol. The molecule has 1 N–H and O–H groups in total. The highest BCUT2D eigenvalue weighted by atomic mass is 79.9. The third-order valence-electron chi connectivity index (χ3n) is 2.51. The van der Waals surface area contributed by atoms with Gasteiger partial charge in [0.25, 0.3) is 0 Å². The Morgan fingerprint density at radius 1 is 1.47 bits per heavy atom. The van der Waals surface area contributed by atoms with Crippen LogP contribution in [-0.2, 0) is 13.6 Å². The molecule has 2 rings (SSSR count). The number of aromatic nitrogens is 3. The summed E-state index contributed by atoms with van der Waals surface area (Å²) >= 11 is 3.17. The molecule has 0 saturated carbocycles. The molecule has 1 aromatic carbocycles. The van der Waals surface area contributed by atoms with E-state index in [2.05, 4.69) is 31.3 Å². The Labute approximate surface area is 107 Å². The third-order valence-corrected chi connectivity index (χ3v) is 3.12. The molecule has 0 amide bonds. The number of hydrogen-bond donors (Lipinski definition) is 1. The summed E-state index contributed by atoms with van der Waals surface area (Å²) in [5.74, 6) is 0.566. The van der Waals surface area contributed by atoms with Crippen molar-refractivity contribution in [1.82, 2.24) is 14.8 Å². The number of benzene rings is 1. The van der Waals surface area contributed by atoms with Crippen molar-refractivity contribution in [2.45, 2.75) is 13.5 Å². The van der Waals surface area contributed by atoms with Crippen LogP contribution in [0.4, 0.5) is 10.1 Å². The normalized spacial score (nSPS) is 10.6. The average molecular weight is 299 g/mol. The molecule has 2 aromatic rings. The molecule has 0 spiro atoms. The van der Waals surface area contributed by atoms with Crippen LogP contribution in [0.3, 0.4) is 0 Å². The number of rotatable bonds is 3. The average Bonchev–Trinajstić information content (AvgIpc) is 2.68. The fourth-order valence-corrected chi connectivity index (χ4v) is 1.83. The lowest BCUT2D eigenvalue weighted by Crippen LogP contribution is -2.07. The van der Waals surface area contributed by atoms with Gasteiger partial charge in [0, 0.05) is 12.7 Å². The van der Waals surface area contributed by atoms with E-state index in [0.29, 0.717) is 11.0 Å². The van der Waals surface area contributed by atoms with Crippen LogP contribution in [-0.4, -0.2) is 14.8 Å². The van der Waals surface area contributed by atoms with Crippen molar-refractivity contribution in [2.24, 2.45) is 7.05 Å². The van der Waals surface area contributed by atoms with Gasteiger partial charge in [-0.2, -0.15) is 5.10 Å². The summed E-state index contributed by atoms with van der Waals surface area (Å²) in [5, 5.41) is 7.18. The Balaban J connectivity index is 2.14. The largest absolute Gasteiger partial charge is 0.378 e. The molecule has 6 heteroatoms. The maximum absolute atomic E-state index is 13.2. The second kappa shape index (κ2) is 4.83. The molecule has 90 valence electrons. The summed E-state index contributed by atoms with van der Waals surface area (Å²) in [6.45, 7) is 2.41. The van der Waals surface area contributed by atoms with Gasteiger partial charge in [-0.15, -0.1) is 0 Å². The van der Waals surface area contributed by atoms with E-state index in [1.165, 1.54) is 12.4 Å². The second-order valence-electron chi connectivity index (χ2n) is 3.73. The van der Waals surface area contributed by atoms with Gasteiger partial charge in [0.1, 0.15) is 18.0 Å². The number of nitrogens with one attached hydrogen (secondary N) is 1. The van der Waals surface area contributed by atoms with E-state index in [0.717, 1.165) is 17.1 Å². The van der Waals surface area contributed by atoms with Crippen molar-refractivity contribution in [3.8, 4) is 0 Å². The lowest BCUT2D eigenvalue weighted by molar-refractivity contribution is 0.620. The minimum atomic E-state index is -0.258. The summed E-state index contributed by atoms with van der Waals surface area (Å²) in [7, 11) is 1.83. The lowest BCUT2D eigenvalue weighted by Gasteiger charge is -2.10. The van der Waals surface area contributed by atoms with Gasteiger partial charge in [0.15, 0.2) is 0 Å². The molecular formula is C11H12BrFN4. The molecule has 0 unspecified atom stereocenters. The fourth-order valence-electron chi connectivity index (χ4n) is 1.49. The van der Waals surface area contributed by atoms with Crippen molar-refractivity contribution < 1.29 is 4.39 Å². The summed E-state index contributed by atoms with van der Waals surface area (Å²) < 4.78 is 15.4. The Morgan fingerprint density at radius 3 is 2.88 bits per heavy atom.